The molecule has 71 heavy (non-hydrogen) atoms. The van der Waals surface area contributed by atoms with E-state index in [4.69, 9.17) is 9.97 Å². The zero-order valence-electron chi connectivity index (χ0n) is 38.5. The van der Waals surface area contributed by atoms with Gasteiger partial charge in [-0.2, -0.15) is 5.26 Å². The van der Waals surface area contributed by atoms with Crippen LogP contribution < -0.4 is 0 Å². The smallest absolute Gasteiger partial charge is 0.235 e. The predicted molar refractivity (Wildman–Crippen MR) is 291 cm³/mol. The van der Waals surface area contributed by atoms with Crippen molar-refractivity contribution in [1.29, 1.82) is 5.26 Å². The molecule has 0 atom stereocenters. The van der Waals surface area contributed by atoms with E-state index in [1.165, 1.54) is 44.0 Å². The molecule has 6 heteroatoms. The summed E-state index contributed by atoms with van der Waals surface area (Å²) in [5.74, 6) is 0.553. The molecular formula is C65H42N6. The summed E-state index contributed by atoms with van der Waals surface area (Å²) in [5.41, 5.74) is 18.9. The van der Waals surface area contributed by atoms with Crippen LogP contribution in [0.1, 0.15) is 23.2 Å². The van der Waals surface area contributed by atoms with E-state index in [1.807, 2.05) is 48.5 Å². The number of benzene rings is 9. The second-order valence-corrected chi connectivity index (χ2v) is 18.4. The summed E-state index contributed by atoms with van der Waals surface area (Å²) in [6, 6.07) is 79.8. The lowest BCUT2D eigenvalue weighted by Gasteiger charge is -2.14. The lowest BCUT2D eigenvalue weighted by molar-refractivity contribution is 0.968. The van der Waals surface area contributed by atoms with Gasteiger partial charge in [0, 0.05) is 55.1 Å². The maximum absolute atomic E-state index is 9.90. The van der Waals surface area contributed by atoms with E-state index in [2.05, 4.69) is 202 Å². The van der Waals surface area contributed by atoms with Crippen LogP contribution in [-0.2, 0) is 6.42 Å². The first-order valence-corrected chi connectivity index (χ1v) is 24.2. The van der Waals surface area contributed by atoms with Crippen molar-refractivity contribution in [2.75, 3.05) is 0 Å². The lowest BCUT2D eigenvalue weighted by atomic mass is 9.99. The Bertz CT molecular complexity index is 4310. The molecule has 6 nitrogen and oxygen atoms in total. The Morgan fingerprint density at radius 2 is 0.887 bits per heavy atom. The maximum atomic E-state index is 9.90. The zero-order chi connectivity index (χ0) is 47.0. The number of fused-ring (bicyclic) bond motifs is 9. The number of nitriles is 1. The van der Waals surface area contributed by atoms with Gasteiger partial charge in [-0.3, -0.25) is 4.57 Å². The second kappa shape index (κ2) is 16.3. The average Bonchev–Trinajstić information content (AvgIpc) is 4.09. The molecule has 332 valence electrons. The fraction of sp³-hybridized carbons (Fsp3) is 0.0308. The molecule has 0 saturated heterocycles. The number of allylic oxidation sites excluding steroid dienone is 1. The summed E-state index contributed by atoms with van der Waals surface area (Å²) in [4.78, 5) is 10.7. The lowest BCUT2D eigenvalue weighted by Crippen LogP contribution is -2.04. The summed E-state index contributed by atoms with van der Waals surface area (Å²) in [5, 5.41) is 15.9. The van der Waals surface area contributed by atoms with Crippen molar-refractivity contribution in [3.63, 3.8) is 0 Å². The molecule has 1 aliphatic rings. The molecule has 0 radical (unpaired) electrons. The first kappa shape index (κ1) is 40.5. The van der Waals surface area contributed by atoms with Crippen LogP contribution in [0.15, 0.2) is 224 Å². The fourth-order valence-corrected chi connectivity index (χ4v) is 11.1. The minimum atomic E-state index is 0.553. The normalized spacial score (nSPS) is 12.3. The van der Waals surface area contributed by atoms with Crippen molar-refractivity contribution in [2.24, 2.45) is 0 Å². The Balaban J connectivity index is 0.981. The minimum absolute atomic E-state index is 0.553. The molecule has 0 bridgehead atoms. The van der Waals surface area contributed by atoms with Gasteiger partial charge in [-0.1, -0.05) is 140 Å². The molecule has 1 aliphatic carbocycles. The van der Waals surface area contributed by atoms with Gasteiger partial charge in [0.2, 0.25) is 5.95 Å². The van der Waals surface area contributed by atoms with Gasteiger partial charge in [0.15, 0.2) is 0 Å². The molecular weight excluding hydrogens is 865 g/mol. The van der Waals surface area contributed by atoms with Crippen molar-refractivity contribution >= 4 is 60.6 Å². The molecule has 14 rings (SSSR count). The number of aryl methyl sites for hydroxylation is 1. The first-order valence-electron chi connectivity index (χ1n) is 24.2. The summed E-state index contributed by atoms with van der Waals surface area (Å²) in [6.45, 7) is 0. The highest BCUT2D eigenvalue weighted by Gasteiger charge is 2.22. The summed E-state index contributed by atoms with van der Waals surface area (Å²) in [6.07, 6.45) is 6.69. The Morgan fingerprint density at radius 1 is 0.380 bits per heavy atom. The van der Waals surface area contributed by atoms with E-state index >= 15 is 0 Å². The standard InChI is InChI=1S/C65H42N6/c66-41-42-15-12-20-48(35-42)58-40-57(43-16-2-1-3-17-43)67-65(68-58)71-63-33-31-46(44-18-13-21-49(36-44)69-59-27-8-4-23-51(59)52-24-5-9-28-60(52)69)38-55(63)56-39-47(32-34-64(56)71)45-19-14-22-50(37-45)70-61-29-10-6-25-53(61)54-26-7-11-30-62(54)70/h1-6,8-25,27-40H,7,26H2. The zero-order valence-corrected chi connectivity index (χ0v) is 38.5. The van der Waals surface area contributed by atoms with Crippen LogP contribution >= 0.6 is 0 Å². The van der Waals surface area contributed by atoms with E-state index in [0.717, 1.165) is 90.8 Å². The molecule has 0 unspecified atom stereocenters. The van der Waals surface area contributed by atoms with E-state index < -0.39 is 0 Å². The Hall–Kier alpha value is -9.57. The van der Waals surface area contributed by atoms with E-state index in [-0.39, 0.29) is 0 Å². The molecule has 0 aliphatic heterocycles. The summed E-state index contributed by atoms with van der Waals surface area (Å²) >= 11 is 0. The van der Waals surface area contributed by atoms with Gasteiger partial charge in [-0.15, -0.1) is 0 Å². The van der Waals surface area contributed by atoms with Crippen LogP contribution in [0.2, 0.25) is 0 Å². The molecule has 0 saturated carbocycles. The van der Waals surface area contributed by atoms with Crippen molar-refractivity contribution in [3.05, 3.63) is 241 Å². The third kappa shape index (κ3) is 6.63. The monoisotopic (exact) mass is 906 g/mol. The molecule has 9 aromatic carbocycles. The molecule has 13 aromatic rings. The van der Waals surface area contributed by atoms with Crippen molar-refractivity contribution < 1.29 is 0 Å². The summed E-state index contributed by atoms with van der Waals surface area (Å²) < 4.78 is 7.01. The van der Waals surface area contributed by atoms with Gasteiger partial charge in [0.1, 0.15) is 0 Å². The first-order chi connectivity index (χ1) is 35.1. The van der Waals surface area contributed by atoms with Gasteiger partial charge in [-0.05, 0) is 132 Å². The fourth-order valence-electron chi connectivity index (χ4n) is 11.1. The predicted octanol–water partition coefficient (Wildman–Crippen LogP) is 16.1. The second-order valence-electron chi connectivity index (χ2n) is 18.4. The van der Waals surface area contributed by atoms with Crippen LogP contribution in [0, 0.1) is 11.3 Å². The highest BCUT2D eigenvalue weighted by molar-refractivity contribution is 6.12. The van der Waals surface area contributed by atoms with E-state index in [1.54, 1.807) is 0 Å². The van der Waals surface area contributed by atoms with E-state index in [9.17, 15) is 5.26 Å². The molecule has 4 aromatic heterocycles. The maximum Gasteiger partial charge on any atom is 0.235 e. The van der Waals surface area contributed by atoms with Gasteiger partial charge < -0.3 is 9.13 Å². The number of aromatic nitrogens is 5. The van der Waals surface area contributed by atoms with Crippen LogP contribution in [0.3, 0.4) is 0 Å². The quantitative estimate of drug-likeness (QED) is 0.160. The van der Waals surface area contributed by atoms with Crippen LogP contribution in [-0.4, -0.2) is 23.7 Å². The number of hydrogen-bond donors (Lipinski definition) is 0. The summed E-state index contributed by atoms with van der Waals surface area (Å²) in [7, 11) is 0. The number of hydrogen-bond acceptors (Lipinski definition) is 3. The molecule has 0 amide bonds. The highest BCUT2D eigenvalue weighted by atomic mass is 15.2. The topological polar surface area (TPSA) is 64.4 Å². The third-order valence-corrected chi connectivity index (χ3v) is 14.3. The number of para-hydroxylation sites is 3. The molecule has 0 N–H and O–H groups in total. The largest absolute Gasteiger partial charge is 0.310 e. The molecule has 0 fully saturated rings. The van der Waals surface area contributed by atoms with Crippen LogP contribution in [0.4, 0.5) is 0 Å². The Morgan fingerprint density at radius 3 is 1.54 bits per heavy atom. The van der Waals surface area contributed by atoms with Gasteiger partial charge in [0.05, 0.1) is 50.6 Å². The third-order valence-electron chi connectivity index (χ3n) is 14.3. The van der Waals surface area contributed by atoms with E-state index in [0.29, 0.717) is 11.5 Å². The Labute approximate surface area is 409 Å². The highest BCUT2D eigenvalue weighted by Crippen LogP contribution is 2.40. The minimum Gasteiger partial charge on any atom is -0.310 e. The SMILES string of the molecule is N#Cc1cccc(-c2cc(-c3ccccc3)nc(-n3c4ccc(-c5cccc(-n6c7c(c8ccccc86)CCC=C7)c5)cc4c4cc(-c5cccc(-n6c7ccccc7c7ccccc76)c5)ccc43)n2)c1. The molecule has 4 heterocycles. The molecule has 0 spiro atoms. The van der Waals surface area contributed by atoms with Gasteiger partial charge in [-0.25, -0.2) is 9.97 Å². The number of nitrogens with zero attached hydrogens (tertiary/aromatic N) is 6. The van der Waals surface area contributed by atoms with Crippen molar-refractivity contribution in [3.8, 4) is 68.2 Å². The van der Waals surface area contributed by atoms with Gasteiger partial charge in [0.25, 0.3) is 0 Å². The average molecular weight is 907 g/mol. The van der Waals surface area contributed by atoms with Crippen molar-refractivity contribution in [2.45, 2.75) is 12.8 Å². The van der Waals surface area contributed by atoms with Crippen LogP contribution in [0.5, 0.6) is 0 Å². The Kier molecular flexibility index (Phi) is 9.30. The van der Waals surface area contributed by atoms with Gasteiger partial charge >= 0.3 is 0 Å². The number of rotatable bonds is 7. The van der Waals surface area contributed by atoms with Crippen molar-refractivity contribution in [1.82, 2.24) is 23.7 Å². The van der Waals surface area contributed by atoms with Crippen LogP contribution in [0.25, 0.3) is 123 Å².